The molecule has 0 unspecified atom stereocenters. The summed E-state index contributed by atoms with van der Waals surface area (Å²) >= 11 is 1.37. The van der Waals surface area contributed by atoms with E-state index in [1.165, 1.54) is 11.3 Å². The summed E-state index contributed by atoms with van der Waals surface area (Å²) in [5.74, 6) is 0.555. The molecular formula is C16H10N4O2S. The molecule has 0 aromatic carbocycles. The molecule has 1 N–H and O–H groups in total. The van der Waals surface area contributed by atoms with Gasteiger partial charge < -0.3 is 9.73 Å². The second kappa shape index (κ2) is 5.62. The maximum Gasteiger partial charge on any atom is 0.266 e. The minimum Gasteiger partial charge on any atom is -0.434 e. The van der Waals surface area contributed by atoms with Gasteiger partial charge in [-0.1, -0.05) is 6.07 Å². The zero-order chi connectivity index (χ0) is 15.6. The molecule has 23 heavy (non-hydrogen) atoms. The topological polar surface area (TPSA) is 80.9 Å². The fourth-order valence-corrected chi connectivity index (χ4v) is 2.76. The molecule has 6 nitrogen and oxygen atoms in total. The number of hydrogen-bond donors (Lipinski definition) is 1. The zero-order valence-electron chi connectivity index (χ0n) is 11.8. The van der Waals surface area contributed by atoms with Gasteiger partial charge in [-0.05, 0) is 35.7 Å². The first-order valence-electron chi connectivity index (χ1n) is 6.83. The molecule has 0 aliphatic rings. The van der Waals surface area contributed by atoms with Crippen molar-refractivity contribution in [2.24, 2.45) is 0 Å². The molecule has 112 valence electrons. The second-order valence-corrected chi connectivity index (χ2v) is 5.62. The molecular weight excluding hydrogens is 312 g/mol. The molecule has 0 aliphatic carbocycles. The molecule has 0 saturated heterocycles. The molecule has 4 aromatic rings. The summed E-state index contributed by atoms with van der Waals surface area (Å²) in [5, 5.41) is 4.64. The number of rotatable bonds is 3. The summed E-state index contributed by atoms with van der Waals surface area (Å²) in [6.07, 6.45) is 3.26. The molecule has 0 bridgehead atoms. The molecule has 4 rings (SSSR count). The van der Waals surface area contributed by atoms with Crippen LogP contribution in [0.15, 0.2) is 58.6 Å². The molecule has 4 heterocycles. The molecule has 1 amide bonds. The fourth-order valence-electron chi connectivity index (χ4n) is 2.14. The van der Waals surface area contributed by atoms with Crippen LogP contribution in [0.2, 0.25) is 0 Å². The largest absolute Gasteiger partial charge is 0.434 e. The van der Waals surface area contributed by atoms with Crippen molar-refractivity contribution in [1.29, 1.82) is 0 Å². The van der Waals surface area contributed by atoms with E-state index in [2.05, 4.69) is 20.3 Å². The van der Waals surface area contributed by atoms with E-state index < -0.39 is 0 Å². The molecule has 4 aromatic heterocycles. The van der Waals surface area contributed by atoms with Gasteiger partial charge >= 0.3 is 0 Å². The molecule has 0 saturated carbocycles. The Balaban J connectivity index is 1.73. The lowest BCUT2D eigenvalue weighted by Crippen LogP contribution is -2.12. The van der Waals surface area contributed by atoms with Gasteiger partial charge in [-0.3, -0.25) is 4.79 Å². The van der Waals surface area contributed by atoms with Crippen molar-refractivity contribution in [3.05, 3.63) is 59.0 Å². The normalized spacial score (nSPS) is 10.8. The minimum absolute atomic E-state index is 0.214. The molecule has 7 heteroatoms. The monoisotopic (exact) mass is 322 g/mol. The number of carbonyl (C=O) groups excluding carboxylic acids is 1. The third-order valence-electron chi connectivity index (χ3n) is 3.18. The highest BCUT2D eigenvalue weighted by atomic mass is 32.1. The van der Waals surface area contributed by atoms with E-state index >= 15 is 0 Å². The summed E-state index contributed by atoms with van der Waals surface area (Å²) in [7, 11) is 0. The van der Waals surface area contributed by atoms with Crippen molar-refractivity contribution in [3.8, 4) is 11.5 Å². The van der Waals surface area contributed by atoms with Crippen LogP contribution in [0, 0.1) is 0 Å². The second-order valence-electron chi connectivity index (χ2n) is 4.68. The Morgan fingerprint density at radius 1 is 1.09 bits per heavy atom. The third kappa shape index (κ3) is 2.58. The third-order valence-corrected chi connectivity index (χ3v) is 4.05. The minimum atomic E-state index is -0.214. The van der Waals surface area contributed by atoms with Gasteiger partial charge in [0.15, 0.2) is 11.2 Å². The van der Waals surface area contributed by atoms with E-state index in [1.807, 2.05) is 11.4 Å². The van der Waals surface area contributed by atoms with E-state index in [-0.39, 0.29) is 5.91 Å². The first-order chi connectivity index (χ1) is 11.3. The Morgan fingerprint density at radius 2 is 1.96 bits per heavy atom. The molecule has 0 aliphatic heterocycles. The summed E-state index contributed by atoms with van der Waals surface area (Å²) in [5.41, 5.74) is 1.71. The maximum atomic E-state index is 12.2. The number of carbonyl (C=O) groups is 1. The molecule has 0 spiro atoms. The average molecular weight is 322 g/mol. The highest BCUT2D eigenvalue weighted by Crippen LogP contribution is 2.28. The van der Waals surface area contributed by atoms with Gasteiger partial charge in [-0.25, -0.2) is 9.97 Å². The predicted molar refractivity (Wildman–Crippen MR) is 87.3 cm³/mol. The highest BCUT2D eigenvalue weighted by molar-refractivity contribution is 7.12. The Hall–Kier alpha value is -3.06. The molecule has 0 atom stereocenters. The van der Waals surface area contributed by atoms with Crippen molar-refractivity contribution >= 4 is 34.3 Å². The first-order valence-corrected chi connectivity index (χ1v) is 7.71. The number of anilines is 1. The Morgan fingerprint density at radius 3 is 2.78 bits per heavy atom. The summed E-state index contributed by atoms with van der Waals surface area (Å²) in [4.78, 5) is 25.6. The van der Waals surface area contributed by atoms with Crippen LogP contribution in [0.5, 0.6) is 0 Å². The van der Waals surface area contributed by atoms with E-state index in [0.29, 0.717) is 33.4 Å². The Bertz CT molecular complexity index is 946. The van der Waals surface area contributed by atoms with Crippen LogP contribution in [0.25, 0.3) is 22.7 Å². The quantitative estimate of drug-likeness (QED) is 0.623. The van der Waals surface area contributed by atoms with Gasteiger partial charge in [0.2, 0.25) is 5.89 Å². The van der Waals surface area contributed by atoms with Crippen LogP contribution in [0.3, 0.4) is 0 Å². The SMILES string of the molecule is O=C(Nc1ncccc1-c1nc2ncccc2o1)c1cccs1. The number of nitrogens with zero attached hydrogens (tertiary/aromatic N) is 3. The van der Waals surface area contributed by atoms with Crippen molar-refractivity contribution in [2.45, 2.75) is 0 Å². The Labute approximate surface area is 134 Å². The van der Waals surface area contributed by atoms with Crippen LogP contribution < -0.4 is 5.32 Å². The number of oxazole rings is 1. The predicted octanol–water partition coefficient (Wildman–Crippen LogP) is 3.60. The smallest absolute Gasteiger partial charge is 0.266 e. The standard InChI is InChI=1S/C16H10N4O2S/c21-15(12-6-3-9-23-12)19-13-10(4-1-7-17-13)16-20-14-11(22-16)5-2-8-18-14/h1-9H,(H,17,19,21). The fraction of sp³-hybridized carbons (Fsp3) is 0. The van der Waals surface area contributed by atoms with Crippen LogP contribution in [0.4, 0.5) is 5.82 Å². The number of pyridine rings is 2. The number of fused-ring (bicyclic) bond motifs is 1. The average Bonchev–Trinajstić information content (AvgIpc) is 3.25. The highest BCUT2D eigenvalue weighted by Gasteiger charge is 2.16. The van der Waals surface area contributed by atoms with Crippen LogP contribution in [0.1, 0.15) is 9.67 Å². The summed E-state index contributed by atoms with van der Waals surface area (Å²) in [6.45, 7) is 0. The van der Waals surface area contributed by atoms with Crippen LogP contribution >= 0.6 is 11.3 Å². The lowest BCUT2D eigenvalue weighted by atomic mass is 10.2. The van der Waals surface area contributed by atoms with E-state index in [9.17, 15) is 4.79 Å². The van der Waals surface area contributed by atoms with Gasteiger partial charge in [-0.2, -0.15) is 4.98 Å². The summed E-state index contributed by atoms with van der Waals surface area (Å²) in [6, 6.07) is 10.7. The number of hydrogen-bond acceptors (Lipinski definition) is 6. The number of aromatic nitrogens is 3. The van der Waals surface area contributed by atoms with Gasteiger partial charge in [0.05, 0.1) is 10.4 Å². The number of thiophene rings is 1. The lowest BCUT2D eigenvalue weighted by Gasteiger charge is -2.06. The maximum absolute atomic E-state index is 12.2. The van der Waals surface area contributed by atoms with Crippen LogP contribution in [-0.2, 0) is 0 Å². The van der Waals surface area contributed by atoms with Crippen LogP contribution in [-0.4, -0.2) is 20.9 Å². The first kappa shape index (κ1) is 13.6. The van der Waals surface area contributed by atoms with Crippen molar-refractivity contribution in [2.75, 3.05) is 5.32 Å². The molecule has 0 fully saturated rings. The Kier molecular flexibility index (Phi) is 3.32. The molecule has 0 radical (unpaired) electrons. The van der Waals surface area contributed by atoms with E-state index in [4.69, 9.17) is 4.42 Å². The number of nitrogens with one attached hydrogen (secondary N) is 1. The van der Waals surface area contributed by atoms with Gasteiger partial charge in [-0.15, -0.1) is 11.3 Å². The number of amides is 1. The lowest BCUT2D eigenvalue weighted by molar-refractivity contribution is 0.103. The van der Waals surface area contributed by atoms with Gasteiger partial charge in [0, 0.05) is 12.4 Å². The van der Waals surface area contributed by atoms with E-state index in [1.54, 1.807) is 42.7 Å². The van der Waals surface area contributed by atoms with Crippen molar-refractivity contribution in [3.63, 3.8) is 0 Å². The van der Waals surface area contributed by atoms with Crippen molar-refractivity contribution < 1.29 is 9.21 Å². The van der Waals surface area contributed by atoms with E-state index in [0.717, 1.165) is 0 Å². The zero-order valence-corrected chi connectivity index (χ0v) is 12.6. The van der Waals surface area contributed by atoms with Gasteiger partial charge in [0.1, 0.15) is 5.82 Å². The van der Waals surface area contributed by atoms with Crippen molar-refractivity contribution in [1.82, 2.24) is 15.0 Å². The summed E-state index contributed by atoms with van der Waals surface area (Å²) < 4.78 is 5.70. The van der Waals surface area contributed by atoms with Gasteiger partial charge in [0.25, 0.3) is 5.91 Å².